The second-order valence-electron chi connectivity index (χ2n) is 7.31. The highest BCUT2D eigenvalue weighted by atomic mass is 16.5. The van der Waals surface area contributed by atoms with Gasteiger partial charge in [-0.2, -0.15) is 0 Å². The van der Waals surface area contributed by atoms with E-state index >= 15 is 0 Å². The lowest BCUT2D eigenvalue weighted by atomic mass is 10.2. The first-order valence-electron chi connectivity index (χ1n) is 10.6. The van der Waals surface area contributed by atoms with Gasteiger partial charge in [-0.05, 0) is 36.8 Å². The SMILES string of the molecule is CC(O)C(NCCNC(=O)N1CCOCC1)Oc1ccc(OCc2ccccc2)cc1. The van der Waals surface area contributed by atoms with Gasteiger partial charge >= 0.3 is 6.03 Å². The number of benzene rings is 2. The van der Waals surface area contributed by atoms with Crippen LogP contribution in [-0.4, -0.2) is 67.8 Å². The van der Waals surface area contributed by atoms with Gasteiger partial charge in [0.05, 0.1) is 13.2 Å². The number of rotatable bonds is 10. The Morgan fingerprint density at radius 3 is 2.42 bits per heavy atom. The lowest BCUT2D eigenvalue weighted by Gasteiger charge is -2.27. The Hall–Kier alpha value is -2.81. The minimum atomic E-state index is -0.732. The van der Waals surface area contributed by atoms with Crippen molar-refractivity contribution >= 4 is 6.03 Å². The molecule has 3 N–H and O–H groups in total. The van der Waals surface area contributed by atoms with Crippen LogP contribution in [0.25, 0.3) is 0 Å². The number of carbonyl (C=O) groups is 1. The molecule has 0 aromatic heterocycles. The molecular formula is C23H31N3O5. The third-order valence-corrected chi connectivity index (χ3v) is 4.82. The summed E-state index contributed by atoms with van der Waals surface area (Å²) < 4.78 is 16.9. The number of amides is 2. The number of nitrogens with one attached hydrogen (secondary N) is 2. The second kappa shape index (κ2) is 12.1. The first kappa shape index (κ1) is 22.9. The monoisotopic (exact) mass is 429 g/mol. The topological polar surface area (TPSA) is 92.3 Å². The van der Waals surface area contributed by atoms with Crippen LogP contribution in [-0.2, 0) is 11.3 Å². The molecule has 0 bridgehead atoms. The maximum atomic E-state index is 12.1. The minimum absolute atomic E-state index is 0.106. The number of morpholine rings is 1. The van der Waals surface area contributed by atoms with Crippen LogP contribution in [0, 0.1) is 0 Å². The highest BCUT2D eigenvalue weighted by Crippen LogP contribution is 2.20. The van der Waals surface area contributed by atoms with Crippen molar-refractivity contribution in [2.24, 2.45) is 0 Å². The van der Waals surface area contributed by atoms with Crippen LogP contribution in [0.4, 0.5) is 4.79 Å². The van der Waals surface area contributed by atoms with Gasteiger partial charge in [-0.3, -0.25) is 5.32 Å². The average molecular weight is 430 g/mol. The van der Waals surface area contributed by atoms with Crippen molar-refractivity contribution in [3.05, 3.63) is 60.2 Å². The van der Waals surface area contributed by atoms with Crippen LogP contribution in [0.1, 0.15) is 12.5 Å². The van der Waals surface area contributed by atoms with Crippen molar-refractivity contribution in [3.63, 3.8) is 0 Å². The van der Waals surface area contributed by atoms with E-state index in [2.05, 4.69) is 10.6 Å². The lowest BCUT2D eigenvalue weighted by molar-refractivity contribution is 0.0272. The van der Waals surface area contributed by atoms with E-state index < -0.39 is 12.3 Å². The number of ether oxygens (including phenoxy) is 3. The van der Waals surface area contributed by atoms with Gasteiger partial charge in [0.2, 0.25) is 0 Å². The number of aliphatic hydroxyl groups excluding tert-OH is 1. The van der Waals surface area contributed by atoms with Crippen molar-refractivity contribution in [1.29, 1.82) is 0 Å². The second-order valence-corrected chi connectivity index (χ2v) is 7.31. The fraction of sp³-hybridized carbons (Fsp3) is 0.435. The standard InChI is InChI=1S/C23H31N3O5/c1-18(27)22(24-11-12-25-23(28)26-13-15-29-16-14-26)31-21-9-7-20(8-10-21)30-17-19-5-3-2-4-6-19/h2-10,18,22,24,27H,11-17H2,1H3,(H,25,28). The number of carbonyl (C=O) groups excluding carboxylic acids is 1. The highest BCUT2D eigenvalue weighted by Gasteiger charge is 2.18. The molecule has 1 aliphatic rings. The Morgan fingerprint density at radius 2 is 1.74 bits per heavy atom. The summed E-state index contributed by atoms with van der Waals surface area (Å²) in [4.78, 5) is 13.8. The van der Waals surface area contributed by atoms with E-state index in [9.17, 15) is 9.90 Å². The van der Waals surface area contributed by atoms with E-state index in [0.29, 0.717) is 51.7 Å². The Labute approximate surface area is 183 Å². The maximum absolute atomic E-state index is 12.1. The number of nitrogens with zero attached hydrogens (tertiary/aromatic N) is 1. The van der Waals surface area contributed by atoms with Gasteiger partial charge in [0.25, 0.3) is 0 Å². The molecule has 0 radical (unpaired) electrons. The molecule has 1 fully saturated rings. The zero-order chi connectivity index (χ0) is 21.9. The van der Waals surface area contributed by atoms with Crippen LogP contribution in [0.2, 0.25) is 0 Å². The number of aliphatic hydroxyl groups is 1. The molecule has 2 unspecified atom stereocenters. The van der Waals surface area contributed by atoms with Crippen molar-refractivity contribution in [2.75, 3.05) is 39.4 Å². The van der Waals surface area contributed by atoms with Crippen molar-refractivity contribution in [2.45, 2.75) is 25.9 Å². The van der Waals surface area contributed by atoms with Crippen LogP contribution in [0.3, 0.4) is 0 Å². The summed E-state index contributed by atoms with van der Waals surface area (Å²) in [6.45, 7) is 5.38. The normalized spacial score (nSPS) is 15.7. The highest BCUT2D eigenvalue weighted by molar-refractivity contribution is 5.74. The fourth-order valence-electron chi connectivity index (χ4n) is 3.07. The Kier molecular flexibility index (Phi) is 8.96. The van der Waals surface area contributed by atoms with Gasteiger partial charge in [0.15, 0.2) is 6.23 Å². The molecule has 1 saturated heterocycles. The molecule has 0 aliphatic carbocycles. The van der Waals surface area contributed by atoms with Gasteiger partial charge in [-0.15, -0.1) is 0 Å². The Morgan fingerprint density at radius 1 is 1.06 bits per heavy atom. The summed E-state index contributed by atoms with van der Waals surface area (Å²) in [7, 11) is 0. The first-order valence-corrected chi connectivity index (χ1v) is 10.6. The molecule has 8 heteroatoms. The van der Waals surface area contributed by atoms with Gasteiger partial charge in [0.1, 0.15) is 24.2 Å². The molecular weight excluding hydrogens is 398 g/mol. The molecule has 2 aromatic carbocycles. The third-order valence-electron chi connectivity index (χ3n) is 4.82. The predicted octanol–water partition coefficient (Wildman–Crippen LogP) is 1.98. The molecule has 1 aliphatic heterocycles. The Balaban J connectivity index is 1.40. The quantitative estimate of drug-likeness (QED) is 0.395. The molecule has 3 rings (SSSR count). The molecule has 31 heavy (non-hydrogen) atoms. The third kappa shape index (κ3) is 7.75. The maximum Gasteiger partial charge on any atom is 0.317 e. The zero-order valence-corrected chi connectivity index (χ0v) is 17.8. The van der Waals surface area contributed by atoms with E-state index in [0.717, 1.165) is 11.3 Å². The van der Waals surface area contributed by atoms with Gasteiger partial charge in [0, 0.05) is 26.2 Å². The van der Waals surface area contributed by atoms with E-state index in [-0.39, 0.29) is 6.03 Å². The number of urea groups is 1. The smallest absolute Gasteiger partial charge is 0.317 e. The van der Waals surface area contributed by atoms with Crippen LogP contribution in [0.5, 0.6) is 11.5 Å². The first-order chi connectivity index (χ1) is 15.1. The summed E-state index contributed by atoms with van der Waals surface area (Å²) in [5.74, 6) is 1.35. The van der Waals surface area contributed by atoms with Crippen LogP contribution in [0.15, 0.2) is 54.6 Å². The lowest BCUT2D eigenvalue weighted by Crippen LogP contribution is -2.49. The summed E-state index contributed by atoms with van der Waals surface area (Å²) in [5, 5.41) is 16.0. The molecule has 2 aromatic rings. The van der Waals surface area contributed by atoms with Crippen molar-refractivity contribution in [1.82, 2.24) is 15.5 Å². The average Bonchev–Trinajstić information content (AvgIpc) is 2.81. The van der Waals surface area contributed by atoms with E-state index in [1.807, 2.05) is 42.5 Å². The van der Waals surface area contributed by atoms with E-state index in [4.69, 9.17) is 14.2 Å². The molecule has 168 valence electrons. The fourth-order valence-corrected chi connectivity index (χ4v) is 3.07. The van der Waals surface area contributed by atoms with Crippen LogP contribution >= 0.6 is 0 Å². The van der Waals surface area contributed by atoms with Crippen molar-refractivity contribution in [3.8, 4) is 11.5 Å². The largest absolute Gasteiger partial charge is 0.489 e. The molecule has 0 saturated carbocycles. The molecule has 2 amide bonds. The Bertz CT molecular complexity index is 780. The summed E-state index contributed by atoms with van der Waals surface area (Å²) in [6.07, 6.45) is -1.33. The number of hydrogen-bond donors (Lipinski definition) is 3. The zero-order valence-electron chi connectivity index (χ0n) is 17.8. The van der Waals surface area contributed by atoms with Crippen molar-refractivity contribution < 1.29 is 24.1 Å². The van der Waals surface area contributed by atoms with Gasteiger partial charge in [-0.1, -0.05) is 30.3 Å². The summed E-state index contributed by atoms with van der Waals surface area (Å²) in [5.41, 5.74) is 1.10. The molecule has 8 nitrogen and oxygen atoms in total. The van der Waals surface area contributed by atoms with E-state index in [1.165, 1.54) is 0 Å². The molecule has 2 atom stereocenters. The minimum Gasteiger partial charge on any atom is -0.489 e. The molecule has 1 heterocycles. The van der Waals surface area contributed by atoms with Crippen LogP contribution < -0.4 is 20.1 Å². The molecule has 0 spiro atoms. The predicted molar refractivity (Wildman–Crippen MR) is 117 cm³/mol. The van der Waals surface area contributed by atoms with Gasteiger partial charge in [-0.25, -0.2) is 4.79 Å². The summed E-state index contributed by atoms with van der Waals surface area (Å²) >= 11 is 0. The number of hydrogen-bond acceptors (Lipinski definition) is 6. The summed E-state index contributed by atoms with van der Waals surface area (Å²) in [6, 6.07) is 17.1. The van der Waals surface area contributed by atoms with E-state index in [1.54, 1.807) is 24.0 Å². The van der Waals surface area contributed by atoms with Gasteiger partial charge < -0.3 is 29.5 Å².